The normalized spacial score (nSPS) is 10.6. The van der Waals surface area contributed by atoms with Gasteiger partial charge in [-0.15, -0.1) is 0 Å². The van der Waals surface area contributed by atoms with Crippen LogP contribution in [0.2, 0.25) is 0 Å². The number of aldehydes is 1. The second kappa shape index (κ2) is 5.53. The Morgan fingerprint density at radius 3 is 2.67 bits per heavy atom. The Morgan fingerprint density at radius 2 is 2.00 bits per heavy atom. The molecule has 1 aromatic carbocycles. The van der Waals surface area contributed by atoms with Crippen molar-refractivity contribution in [3.05, 3.63) is 58.7 Å². The van der Waals surface area contributed by atoms with Crippen molar-refractivity contribution in [2.75, 3.05) is 0 Å². The zero-order chi connectivity index (χ0) is 14.8. The molecule has 0 amide bonds. The van der Waals surface area contributed by atoms with Crippen LogP contribution in [0.4, 0.5) is 4.39 Å². The molecule has 0 aliphatic heterocycles. The van der Waals surface area contributed by atoms with Crippen molar-refractivity contribution in [1.29, 1.82) is 0 Å². The third-order valence-electron chi connectivity index (χ3n) is 2.81. The van der Waals surface area contributed by atoms with Gasteiger partial charge in [-0.1, -0.05) is 0 Å². The molecule has 0 spiro atoms. The van der Waals surface area contributed by atoms with E-state index >= 15 is 0 Å². The van der Waals surface area contributed by atoms with Gasteiger partial charge in [0.2, 0.25) is 5.95 Å². The third-order valence-corrected chi connectivity index (χ3v) is 3.47. The maximum atomic E-state index is 13.2. The zero-order valence-corrected chi connectivity index (χ0v) is 12.2. The van der Waals surface area contributed by atoms with Crippen LogP contribution in [0.3, 0.4) is 0 Å². The first-order valence-corrected chi connectivity index (χ1v) is 6.76. The summed E-state index contributed by atoms with van der Waals surface area (Å²) in [5.41, 5.74) is 1.42. The molecular weight excluding hydrogens is 339 g/mol. The SMILES string of the molecule is O=Cc1cn(-c2ncccn2)nc1-c1ccc(F)cc1Br. The molecule has 0 fully saturated rings. The van der Waals surface area contributed by atoms with E-state index in [0.717, 1.165) is 0 Å². The number of carbonyl (C=O) groups excluding carboxylic acids is 1. The van der Waals surface area contributed by atoms with E-state index in [9.17, 15) is 9.18 Å². The lowest BCUT2D eigenvalue weighted by atomic mass is 10.1. The van der Waals surface area contributed by atoms with Crippen molar-refractivity contribution in [2.24, 2.45) is 0 Å². The first-order chi connectivity index (χ1) is 10.2. The molecule has 0 aliphatic carbocycles. The second-order valence-electron chi connectivity index (χ2n) is 4.17. The van der Waals surface area contributed by atoms with Crippen LogP contribution in [0.15, 0.2) is 47.3 Å². The molecule has 0 saturated heterocycles. The van der Waals surface area contributed by atoms with Gasteiger partial charge in [-0.25, -0.2) is 19.0 Å². The number of aromatic nitrogens is 4. The minimum absolute atomic E-state index is 0.352. The summed E-state index contributed by atoms with van der Waals surface area (Å²) < 4.78 is 15.1. The van der Waals surface area contributed by atoms with Crippen LogP contribution >= 0.6 is 15.9 Å². The van der Waals surface area contributed by atoms with Crippen molar-refractivity contribution in [2.45, 2.75) is 0 Å². The number of rotatable bonds is 3. The zero-order valence-electron chi connectivity index (χ0n) is 10.6. The molecule has 104 valence electrons. The van der Waals surface area contributed by atoms with Crippen LogP contribution < -0.4 is 0 Å². The average Bonchev–Trinajstić information content (AvgIpc) is 2.92. The lowest BCUT2D eigenvalue weighted by Crippen LogP contribution is -2.00. The molecule has 0 bridgehead atoms. The van der Waals surface area contributed by atoms with Crippen LogP contribution in [-0.4, -0.2) is 26.0 Å². The first-order valence-electron chi connectivity index (χ1n) is 5.96. The second-order valence-corrected chi connectivity index (χ2v) is 5.02. The van der Waals surface area contributed by atoms with E-state index in [1.807, 2.05) is 0 Å². The molecule has 2 aromatic heterocycles. The highest BCUT2D eigenvalue weighted by Gasteiger charge is 2.15. The molecule has 5 nitrogen and oxygen atoms in total. The highest BCUT2D eigenvalue weighted by atomic mass is 79.9. The topological polar surface area (TPSA) is 60.7 Å². The first kappa shape index (κ1) is 13.6. The Kier molecular flexibility index (Phi) is 3.57. The van der Waals surface area contributed by atoms with Gasteiger partial charge < -0.3 is 0 Å². The lowest BCUT2D eigenvalue weighted by Gasteiger charge is -2.02. The molecule has 3 rings (SSSR count). The van der Waals surface area contributed by atoms with E-state index in [-0.39, 0.29) is 5.82 Å². The van der Waals surface area contributed by atoms with E-state index in [4.69, 9.17) is 0 Å². The van der Waals surface area contributed by atoms with E-state index < -0.39 is 0 Å². The highest BCUT2D eigenvalue weighted by molar-refractivity contribution is 9.10. The Labute approximate surface area is 127 Å². The fraction of sp³-hybridized carbons (Fsp3) is 0. The number of hydrogen-bond acceptors (Lipinski definition) is 4. The van der Waals surface area contributed by atoms with Gasteiger partial charge in [-0.2, -0.15) is 5.10 Å². The predicted octanol–water partition coefficient (Wildman–Crippen LogP) is 3.04. The quantitative estimate of drug-likeness (QED) is 0.684. The van der Waals surface area contributed by atoms with Gasteiger partial charge in [0.15, 0.2) is 6.29 Å². The molecule has 7 heteroatoms. The summed E-state index contributed by atoms with van der Waals surface area (Å²) in [5, 5.41) is 4.32. The maximum Gasteiger partial charge on any atom is 0.250 e. The van der Waals surface area contributed by atoms with Crippen LogP contribution in [0.25, 0.3) is 17.2 Å². The molecule has 2 heterocycles. The molecule has 0 saturated carbocycles. The van der Waals surface area contributed by atoms with Crippen molar-refractivity contribution >= 4 is 22.2 Å². The number of hydrogen-bond donors (Lipinski definition) is 0. The van der Waals surface area contributed by atoms with Crippen LogP contribution in [0, 0.1) is 5.82 Å². The molecule has 0 N–H and O–H groups in total. The van der Waals surface area contributed by atoms with Gasteiger partial charge in [0, 0.05) is 28.6 Å². The standard InChI is InChI=1S/C14H8BrFN4O/c15-12-6-10(16)2-3-11(12)13-9(8-21)7-20(19-13)14-17-4-1-5-18-14/h1-8H. The summed E-state index contributed by atoms with van der Waals surface area (Å²) in [6, 6.07) is 5.88. The Balaban J connectivity index is 2.15. The average molecular weight is 347 g/mol. The van der Waals surface area contributed by atoms with E-state index in [0.29, 0.717) is 33.5 Å². The largest absolute Gasteiger partial charge is 0.298 e. The molecule has 3 aromatic rings. The van der Waals surface area contributed by atoms with Crippen molar-refractivity contribution < 1.29 is 9.18 Å². The Hall–Kier alpha value is -2.41. The van der Waals surface area contributed by atoms with Crippen LogP contribution in [0.5, 0.6) is 0 Å². The van der Waals surface area contributed by atoms with Gasteiger partial charge in [0.05, 0.1) is 5.56 Å². The minimum atomic E-state index is -0.371. The van der Waals surface area contributed by atoms with Crippen LogP contribution in [-0.2, 0) is 0 Å². The smallest absolute Gasteiger partial charge is 0.250 e. The van der Waals surface area contributed by atoms with E-state index in [2.05, 4.69) is 31.0 Å². The fourth-order valence-electron chi connectivity index (χ4n) is 1.88. The fourth-order valence-corrected chi connectivity index (χ4v) is 2.41. The Morgan fingerprint density at radius 1 is 1.24 bits per heavy atom. The van der Waals surface area contributed by atoms with Gasteiger partial charge in [-0.05, 0) is 40.2 Å². The van der Waals surface area contributed by atoms with Crippen molar-refractivity contribution in [1.82, 2.24) is 19.7 Å². The summed E-state index contributed by atoms with van der Waals surface area (Å²) in [6.07, 6.45) is 5.39. The summed E-state index contributed by atoms with van der Waals surface area (Å²) >= 11 is 3.28. The molecule has 0 unspecified atom stereocenters. The van der Waals surface area contributed by atoms with Crippen LogP contribution in [0.1, 0.15) is 10.4 Å². The van der Waals surface area contributed by atoms with E-state index in [1.54, 1.807) is 24.5 Å². The minimum Gasteiger partial charge on any atom is -0.298 e. The lowest BCUT2D eigenvalue weighted by molar-refractivity contribution is 0.112. The van der Waals surface area contributed by atoms with Gasteiger partial charge in [-0.3, -0.25) is 4.79 Å². The molecular formula is C14H8BrFN4O. The van der Waals surface area contributed by atoms with Crippen molar-refractivity contribution in [3.63, 3.8) is 0 Å². The summed E-state index contributed by atoms with van der Waals surface area (Å²) in [5.74, 6) is -0.0193. The number of halogens is 2. The predicted molar refractivity (Wildman–Crippen MR) is 77.6 cm³/mol. The molecule has 0 aliphatic rings. The monoisotopic (exact) mass is 346 g/mol. The van der Waals surface area contributed by atoms with Gasteiger partial charge in [0.1, 0.15) is 11.5 Å². The molecule has 21 heavy (non-hydrogen) atoms. The number of carbonyl (C=O) groups is 1. The molecule has 0 radical (unpaired) electrons. The van der Waals surface area contributed by atoms with Gasteiger partial charge in [0.25, 0.3) is 0 Å². The van der Waals surface area contributed by atoms with Gasteiger partial charge >= 0.3 is 0 Å². The summed E-state index contributed by atoms with van der Waals surface area (Å²) in [7, 11) is 0. The highest BCUT2D eigenvalue weighted by Crippen LogP contribution is 2.30. The van der Waals surface area contributed by atoms with E-state index in [1.165, 1.54) is 23.0 Å². The van der Waals surface area contributed by atoms with Crippen molar-refractivity contribution in [3.8, 4) is 17.2 Å². The third kappa shape index (κ3) is 2.59. The number of nitrogens with zero attached hydrogens (tertiary/aromatic N) is 4. The molecule has 0 atom stereocenters. The Bertz CT molecular complexity index is 804. The number of benzene rings is 1. The summed E-state index contributed by atoms with van der Waals surface area (Å²) in [4.78, 5) is 19.4. The maximum absolute atomic E-state index is 13.2. The summed E-state index contributed by atoms with van der Waals surface area (Å²) in [6.45, 7) is 0.